The van der Waals surface area contributed by atoms with Gasteiger partial charge in [-0.2, -0.15) is 0 Å². The molecule has 0 radical (unpaired) electrons. The van der Waals surface area contributed by atoms with Crippen molar-refractivity contribution in [2.75, 3.05) is 0 Å². The smallest absolute Gasteiger partial charge is 0.329 e. The van der Waals surface area contributed by atoms with Crippen molar-refractivity contribution in [3.8, 4) is 0 Å². The minimum atomic E-state index is -0.888. The van der Waals surface area contributed by atoms with Gasteiger partial charge in [0.15, 0.2) is 6.10 Å². The molecule has 0 aliphatic heterocycles. The summed E-state index contributed by atoms with van der Waals surface area (Å²) in [4.78, 5) is 37.8. The zero-order valence-corrected chi connectivity index (χ0v) is 16.7. The number of rotatable bonds is 8. The van der Waals surface area contributed by atoms with Gasteiger partial charge >= 0.3 is 11.7 Å². The summed E-state index contributed by atoms with van der Waals surface area (Å²) < 4.78 is 8.46. The van der Waals surface area contributed by atoms with Gasteiger partial charge in [0.05, 0.1) is 24.0 Å². The molecule has 28 heavy (non-hydrogen) atoms. The Bertz CT molecular complexity index is 1020. The summed E-state index contributed by atoms with van der Waals surface area (Å²) >= 11 is 1.55. The summed E-state index contributed by atoms with van der Waals surface area (Å²) in [5, 5.41) is 4.68. The Morgan fingerprint density at radius 2 is 1.86 bits per heavy atom. The van der Waals surface area contributed by atoms with Crippen LogP contribution >= 0.6 is 11.3 Å². The van der Waals surface area contributed by atoms with E-state index in [2.05, 4.69) is 5.32 Å². The van der Waals surface area contributed by atoms with E-state index in [0.717, 1.165) is 15.9 Å². The highest BCUT2D eigenvalue weighted by Crippen LogP contribution is 2.13. The minimum Gasteiger partial charge on any atom is -0.452 e. The molecule has 1 unspecified atom stereocenters. The molecule has 3 aromatic rings. The van der Waals surface area contributed by atoms with Gasteiger partial charge in [-0.05, 0) is 37.4 Å². The average molecular weight is 401 g/mol. The minimum absolute atomic E-state index is 0.0141. The third kappa shape index (κ3) is 4.33. The first kappa shape index (κ1) is 19.9. The number of hydrogen-bond acceptors (Lipinski definition) is 5. The molecular weight excluding hydrogens is 378 g/mol. The third-order valence-corrected chi connectivity index (χ3v) is 5.35. The van der Waals surface area contributed by atoms with Gasteiger partial charge in [-0.1, -0.05) is 18.2 Å². The highest BCUT2D eigenvalue weighted by Gasteiger charge is 2.19. The molecule has 1 N–H and O–H groups in total. The van der Waals surface area contributed by atoms with E-state index in [9.17, 15) is 14.4 Å². The van der Waals surface area contributed by atoms with Crippen molar-refractivity contribution in [1.82, 2.24) is 14.5 Å². The summed E-state index contributed by atoms with van der Waals surface area (Å²) in [7, 11) is 0. The predicted molar refractivity (Wildman–Crippen MR) is 108 cm³/mol. The number of aromatic nitrogens is 2. The van der Waals surface area contributed by atoms with Gasteiger partial charge in [0.2, 0.25) is 0 Å². The number of imidazole rings is 1. The lowest BCUT2D eigenvalue weighted by Gasteiger charge is -2.13. The topological polar surface area (TPSA) is 82.3 Å². The Balaban J connectivity index is 1.57. The number of benzene rings is 1. The first-order valence-electron chi connectivity index (χ1n) is 9.19. The number of fused-ring (bicyclic) bond motifs is 1. The van der Waals surface area contributed by atoms with E-state index in [0.29, 0.717) is 13.1 Å². The molecule has 0 aliphatic rings. The highest BCUT2D eigenvalue weighted by atomic mass is 32.1. The fourth-order valence-corrected chi connectivity index (χ4v) is 3.68. The van der Waals surface area contributed by atoms with Crippen molar-refractivity contribution < 1.29 is 14.3 Å². The summed E-state index contributed by atoms with van der Waals surface area (Å²) in [6, 6.07) is 11.3. The predicted octanol–water partition coefficient (Wildman–Crippen LogP) is 2.52. The Morgan fingerprint density at radius 3 is 2.50 bits per heavy atom. The maximum atomic E-state index is 12.6. The van der Waals surface area contributed by atoms with E-state index in [1.807, 2.05) is 48.7 Å². The van der Waals surface area contributed by atoms with Gasteiger partial charge in [0.1, 0.15) is 0 Å². The summed E-state index contributed by atoms with van der Waals surface area (Å²) in [5.74, 6) is -0.861. The molecule has 1 aromatic carbocycles. The lowest BCUT2D eigenvalue weighted by molar-refractivity contribution is -0.155. The zero-order chi connectivity index (χ0) is 20.1. The van der Waals surface area contributed by atoms with Crippen molar-refractivity contribution in [2.24, 2.45) is 0 Å². The number of nitrogens with zero attached hydrogens (tertiary/aromatic N) is 2. The molecule has 148 valence electrons. The van der Waals surface area contributed by atoms with Crippen molar-refractivity contribution in [2.45, 2.75) is 46.0 Å². The van der Waals surface area contributed by atoms with Gasteiger partial charge in [-0.25, -0.2) is 4.79 Å². The summed E-state index contributed by atoms with van der Waals surface area (Å²) in [6.07, 6.45) is -0.874. The Kier molecular flexibility index (Phi) is 6.30. The van der Waals surface area contributed by atoms with Gasteiger partial charge in [-0.3, -0.25) is 18.7 Å². The van der Waals surface area contributed by atoms with Crippen LogP contribution in [0.2, 0.25) is 0 Å². The van der Waals surface area contributed by atoms with Crippen LogP contribution in [-0.2, 0) is 34.0 Å². The lowest BCUT2D eigenvalue weighted by Crippen LogP contribution is -2.35. The van der Waals surface area contributed by atoms with Crippen LogP contribution in [0.4, 0.5) is 0 Å². The number of carbonyl (C=O) groups excluding carboxylic acids is 2. The van der Waals surface area contributed by atoms with Crippen LogP contribution in [0.15, 0.2) is 46.6 Å². The second-order valence-electron chi connectivity index (χ2n) is 6.35. The second kappa shape index (κ2) is 8.88. The highest BCUT2D eigenvalue weighted by molar-refractivity contribution is 7.09. The second-order valence-corrected chi connectivity index (χ2v) is 7.38. The number of carbonyl (C=O) groups is 2. The van der Waals surface area contributed by atoms with Crippen LogP contribution in [0.25, 0.3) is 11.0 Å². The van der Waals surface area contributed by atoms with Crippen LogP contribution in [0.1, 0.15) is 25.1 Å². The molecule has 2 aromatic heterocycles. The lowest BCUT2D eigenvalue weighted by atomic mass is 10.3. The van der Waals surface area contributed by atoms with Crippen LogP contribution in [0.5, 0.6) is 0 Å². The van der Waals surface area contributed by atoms with Crippen LogP contribution in [0.3, 0.4) is 0 Å². The Labute approximate surface area is 166 Å². The number of thiophene rings is 1. The molecule has 0 bridgehead atoms. The number of hydrogen-bond donors (Lipinski definition) is 1. The number of para-hydroxylation sites is 2. The van der Waals surface area contributed by atoms with Crippen LogP contribution in [0, 0.1) is 0 Å². The molecule has 0 aliphatic carbocycles. The first-order valence-corrected chi connectivity index (χ1v) is 10.1. The number of ether oxygens (including phenoxy) is 1. The van der Waals surface area contributed by atoms with Gasteiger partial charge in [-0.15, -0.1) is 11.3 Å². The number of nitrogens with one attached hydrogen (secondary N) is 1. The fraction of sp³-hybridized carbons (Fsp3) is 0.350. The van der Waals surface area contributed by atoms with E-state index in [4.69, 9.17) is 4.74 Å². The summed E-state index contributed by atoms with van der Waals surface area (Å²) in [5.41, 5.74) is 1.46. The van der Waals surface area contributed by atoms with Gasteiger partial charge in [0.25, 0.3) is 5.91 Å². The van der Waals surface area contributed by atoms with Gasteiger partial charge in [0, 0.05) is 18.0 Å². The van der Waals surface area contributed by atoms with Crippen molar-refractivity contribution in [3.05, 3.63) is 57.1 Å². The van der Waals surface area contributed by atoms with Gasteiger partial charge < -0.3 is 10.1 Å². The fourth-order valence-electron chi connectivity index (χ4n) is 3.04. The molecule has 3 rings (SSSR count). The summed E-state index contributed by atoms with van der Waals surface area (Å²) in [6.45, 7) is 4.61. The van der Waals surface area contributed by atoms with E-state index in [-0.39, 0.29) is 24.6 Å². The maximum Gasteiger partial charge on any atom is 0.329 e. The van der Waals surface area contributed by atoms with Crippen molar-refractivity contribution >= 4 is 34.2 Å². The first-order chi connectivity index (χ1) is 13.5. The molecule has 0 spiro atoms. The molecular formula is C20H23N3O4S. The zero-order valence-electron chi connectivity index (χ0n) is 15.9. The molecule has 1 atom stereocenters. The maximum absolute atomic E-state index is 12.6. The number of amides is 1. The molecule has 2 heterocycles. The quantitative estimate of drug-likeness (QED) is 0.588. The van der Waals surface area contributed by atoms with Crippen molar-refractivity contribution in [1.29, 1.82) is 0 Å². The largest absolute Gasteiger partial charge is 0.452 e. The molecule has 1 amide bonds. The van der Waals surface area contributed by atoms with E-state index in [1.165, 1.54) is 6.92 Å². The Hall–Kier alpha value is -2.87. The monoisotopic (exact) mass is 401 g/mol. The van der Waals surface area contributed by atoms with Crippen LogP contribution in [-0.4, -0.2) is 27.1 Å². The van der Waals surface area contributed by atoms with E-state index >= 15 is 0 Å². The molecule has 0 fully saturated rings. The molecule has 0 saturated heterocycles. The van der Waals surface area contributed by atoms with Crippen molar-refractivity contribution in [3.63, 3.8) is 0 Å². The molecule has 7 nitrogen and oxygen atoms in total. The average Bonchev–Trinajstić information content (AvgIpc) is 3.30. The normalized spacial score (nSPS) is 12.1. The van der Waals surface area contributed by atoms with E-state index in [1.54, 1.807) is 20.5 Å². The molecule has 0 saturated carbocycles. The molecule has 8 heteroatoms. The third-order valence-electron chi connectivity index (χ3n) is 4.48. The Morgan fingerprint density at radius 1 is 1.14 bits per heavy atom. The van der Waals surface area contributed by atoms with Crippen LogP contribution < -0.4 is 11.0 Å². The van der Waals surface area contributed by atoms with E-state index < -0.39 is 12.1 Å². The number of esters is 1. The number of aryl methyl sites for hydroxylation is 2. The standard InChI is InChI=1S/C20H23N3O4S/c1-3-22-16-8-4-5-9-17(16)23(20(22)26)11-10-18(24)27-14(2)19(25)21-13-15-7-6-12-28-15/h4-9,12,14H,3,10-11,13H2,1-2H3,(H,21,25). The SMILES string of the molecule is CCn1c(=O)n(CCC(=O)OC(C)C(=O)NCc2cccs2)c2ccccc21.